The molecule has 4 rings (SSSR count). The third-order valence-electron chi connectivity index (χ3n) is 16.7. The topological polar surface area (TPSA) is 36.9 Å². The fourth-order valence-electron chi connectivity index (χ4n) is 14.1. The molecule has 0 saturated carbocycles. The molecule has 0 bridgehead atoms. The van der Waals surface area contributed by atoms with Crippen LogP contribution in [-0.2, 0) is 29.7 Å². The van der Waals surface area contributed by atoms with Gasteiger partial charge >= 0.3 is 37.9 Å². The monoisotopic (exact) mass is 1110 g/mol. The fraction of sp³-hybridized carbons (Fsp3) is 0.696. The van der Waals surface area contributed by atoms with E-state index in [2.05, 4.69) is 221 Å². The molecule has 0 amide bonds. The van der Waals surface area contributed by atoms with Crippen LogP contribution in [0.25, 0.3) is 11.5 Å². The molecule has 2 unspecified atom stereocenters. The van der Waals surface area contributed by atoms with E-state index in [1.807, 2.05) is 0 Å². The van der Waals surface area contributed by atoms with E-state index in [9.17, 15) is 0 Å². The molecule has 0 fully saturated rings. The number of hydrogen-bond acceptors (Lipinski definition) is 4. The van der Waals surface area contributed by atoms with E-state index in [1.165, 1.54) is 22.3 Å². The van der Waals surface area contributed by atoms with Crippen molar-refractivity contribution in [3.8, 4) is 11.5 Å². The van der Waals surface area contributed by atoms with Gasteiger partial charge in [-0.1, -0.05) is 197 Å². The minimum atomic E-state index is -2.28. The van der Waals surface area contributed by atoms with Crippen LogP contribution >= 0.6 is 17.0 Å². The molecule has 0 radical (unpaired) electrons. The van der Waals surface area contributed by atoms with Crippen LogP contribution in [0.1, 0.15) is 207 Å². The zero-order chi connectivity index (χ0) is 51.3. The van der Waals surface area contributed by atoms with Crippen LogP contribution in [0, 0.1) is 6.42 Å². The second-order valence-corrected chi connectivity index (χ2v) is 49.1. The number of fused-ring (bicyclic) bond motifs is 2. The molecule has 0 aliphatic heterocycles. The van der Waals surface area contributed by atoms with Gasteiger partial charge < -0.3 is 24.1 Å². The SMILES string of the molecule is CC(C)[Si](OC1=CC([CH-]CC2C=C(O[Si](C(C)C)(C(C)C)C(C)C)c3cccc(O[Si](C(C)C)(C(C)C)C(C)C)c32)c2c(O[Si](C(C)C)(C(C)C)C(C)C)cccc21)(C(C)C)C(C)C.[Cl][Zr][Cl]. The molecule has 0 N–H and O–H groups in total. The molecule has 2 atom stereocenters. The molecule has 2 aromatic rings. The number of hydrogen-bond donors (Lipinski definition) is 0. The van der Waals surface area contributed by atoms with Gasteiger partial charge in [0.25, 0.3) is 33.3 Å². The van der Waals surface area contributed by atoms with E-state index in [0.717, 1.165) is 29.4 Å². The summed E-state index contributed by atoms with van der Waals surface area (Å²) in [5.41, 5.74) is 10.7. The first-order valence-corrected chi connectivity index (χ1v) is 41.2. The average molecular weight is 1110 g/mol. The summed E-state index contributed by atoms with van der Waals surface area (Å²) in [5, 5.41) is 0. The first-order valence-electron chi connectivity index (χ1n) is 26.3. The van der Waals surface area contributed by atoms with Gasteiger partial charge in [-0.15, -0.1) is 5.92 Å². The second kappa shape index (κ2) is 24.9. The maximum absolute atomic E-state index is 7.69. The third kappa shape index (κ3) is 12.0. The van der Waals surface area contributed by atoms with Crippen molar-refractivity contribution < 1.29 is 38.6 Å². The van der Waals surface area contributed by atoms with Crippen molar-refractivity contribution in [3.63, 3.8) is 0 Å². The van der Waals surface area contributed by atoms with E-state index >= 15 is 0 Å². The number of benzene rings is 2. The summed E-state index contributed by atoms with van der Waals surface area (Å²) in [5.74, 6) is 4.41. The Hall–Kier alpha value is -0.549. The van der Waals surface area contributed by atoms with Gasteiger partial charge in [-0.05, 0) is 96.2 Å². The third-order valence-corrected chi connectivity index (χ3v) is 40.6. The van der Waals surface area contributed by atoms with Gasteiger partial charge in [-0.3, -0.25) is 0 Å². The molecule has 67 heavy (non-hydrogen) atoms. The summed E-state index contributed by atoms with van der Waals surface area (Å²) in [6.45, 7) is 57.5. The van der Waals surface area contributed by atoms with Crippen molar-refractivity contribution in [2.75, 3.05) is 0 Å². The second-order valence-electron chi connectivity index (χ2n) is 23.9. The molecule has 0 saturated heterocycles. The summed E-state index contributed by atoms with van der Waals surface area (Å²) in [6.07, 6.45) is 8.41. The molecule has 0 aromatic heterocycles. The van der Waals surface area contributed by atoms with Crippen LogP contribution in [0.5, 0.6) is 11.5 Å². The van der Waals surface area contributed by atoms with Gasteiger partial charge in [-0.25, -0.2) is 0 Å². The molecular formula is C56H97Cl2O4Si4Zr-. The van der Waals surface area contributed by atoms with Crippen LogP contribution in [0.4, 0.5) is 0 Å². The van der Waals surface area contributed by atoms with Crippen LogP contribution in [-0.4, -0.2) is 33.3 Å². The summed E-state index contributed by atoms with van der Waals surface area (Å²) in [4.78, 5) is 0. The van der Waals surface area contributed by atoms with E-state index < -0.39 is 54.1 Å². The molecule has 0 heterocycles. The van der Waals surface area contributed by atoms with Crippen molar-refractivity contribution in [2.24, 2.45) is 0 Å². The van der Waals surface area contributed by atoms with Crippen molar-refractivity contribution >= 4 is 61.8 Å². The van der Waals surface area contributed by atoms with Crippen LogP contribution in [0.3, 0.4) is 0 Å². The Bertz CT molecular complexity index is 1730. The number of halogens is 2. The fourth-order valence-corrected chi connectivity index (χ4v) is 35.2. The Morgan fingerprint density at radius 3 is 1.00 bits per heavy atom. The molecule has 2 aliphatic rings. The van der Waals surface area contributed by atoms with E-state index in [4.69, 9.17) is 34.7 Å². The zero-order valence-electron chi connectivity index (χ0n) is 46.9. The molecule has 0 spiro atoms. The number of rotatable bonds is 23. The Labute approximate surface area is 436 Å². The van der Waals surface area contributed by atoms with Crippen LogP contribution in [0.2, 0.25) is 66.5 Å². The van der Waals surface area contributed by atoms with Crippen LogP contribution < -0.4 is 8.85 Å². The first kappa shape index (κ1) is 60.8. The summed E-state index contributed by atoms with van der Waals surface area (Å²) in [6, 6.07) is 13.6. The predicted octanol–water partition coefficient (Wildman–Crippen LogP) is 20.7. The Kier molecular flexibility index (Phi) is 22.6. The Balaban J connectivity index is 0.00000386. The van der Waals surface area contributed by atoms with Gasteiger partial charge in [0.2, 0.25) is 0 Å². The van der Waals surface area contributed by atoms with Gasteiger partial charge in [0.15, 0.2) is 0 Å². The van der Waals surface area contributed by atoms with Gasteiger partial charge in [-0.2, -0.15) is 6.42 Å². The standard InChI is InChI=1S/C56H97O4Si4.2ClH.Zr/c1-35(2)61(36(3)4,37(5)6)57-51-29-25-27-49-53(59-63(41(13)14,42(15)16)43(17)18)33-47(55(49)51)31-32-48-34-54(60-64(44(19)20,45(21)22)46(23)24)50-28-26-30-52(56(48)50)58-62(38(7)8,39(9)10)40(11)12;;;/h25-31,33-48H,32H2,1-24H3;2*1H;/q-1;;;+2/p-2. The quantitative estimate of drug-likeness (QED) is 0.0821. The van der Waals surface area contributed by atoms with Gasteiger partial charge in [0.05, 0.1) is 0 Å². The molecule has 4 nitrogen and oxygen atoms in total. The zero-order valence-corrected chi connectivity index (χ0v) is 54.8. The first-order chi connectivity index (χ1) is 31.0. The molecule has 2 aromatic carbocycles. The normalized spacial score (nSPS) is 16.9. The summed E-state index contributed by atoms with van der Waals surface area (Å²) >= 11 is -0.826. The van der Waals surface area contributed by atoms with Crippen LogP contribution in [0.15, 0.2) is 48.6 Å². The minimum absolute atomic E-state index is 0.0402. The molecular weight excluding hydrogens is 1010 g/mol. The summed E-state index contributed by atoms with van der Waals surface area (Å²) < 4.78 is 30.7. The van der Waals surface area contributed by atoms with Crippen molar-refractivity contribution in [1.29, 1.82) is 0 Å². The van der Waals surface area contributed by atoms with Gasteiger partial charge in [0.1, 0.15) is 23.0 Å². The molecule has 380 valence electrons. The Morgan fingerprint density at radius 1 is 0.418 bits per heavy atom. The van der Waals surface area contributed by atoms with Crippen molar-refractivity contribution in [3.05, 3.63) is 77.2 Å². The number of allylic oxidation sites excluding steroid dienone is 2. The molecule has 2 aliphatic carbocycles. The van der Waals surface area contributed by atoms with E-state index in [-0.39, 0.29) is 11.8 Å². The summed E-state index contributed by atoms with van der Waals surface area (Å²) in [7, 11) is 0.767. The Morgan fingerprint density at radius 2 is 0.687 bits per heavy atom. The maximum atomic E-state index is 7.69. The molecule has 11 heteroatoms. The van der Waals surface area contributed by atoms with Gasteiger partial charge in [0, 0.05) is 16.7 Å². The van der Waals surface area contributed by atoms with Crippen molar-refractivity contribution in [2.45, 2.75) is 251 Å². The average Bonchev–Trinajstić information content (AvgIpc) is 3.75. The predicted molar refractivity (Wildman–Crippen MR) is 303 cm³/mol. The van der Waals surface area contributed by atoms with E-state index in [0.29, 0.717) is 66.5 Å². The van der Waals surface area contributed by atoms with E-state index in [1.54, 1.807) is 0 Å². The van der Waals surface area contributed by atoms with Crippen molar-refractivity contribution in [1.82, 2.24) is 0 Å².